The SMILES string of the molecule is O=C(NS(=O)(=O)CCC(F)(F)F)c1ccc(N2CCN(Cc3ccccc3-c3cccc(O)c3)CC2)cc1. The maximum absolute atomic E-state index is 12.3. The minimum Gasteiger partial charge on any atom is -0.508 e. The first-order valence-electron chi connectivity index (χ1n) is 12.1. The molecule has 3 aromatic rings. The van der Waals surface area contributed by atoms with Gasteiger partial charge in [0.2, 0.25) is 10.0 Å². The number of aromatic hydroxyl groups is 1. The normalized spacial score (nSPS) is 14.9. The molecule has 1 saturated heterocycles. The van der Waals surface area contributed by atoms with Crippen molar-refractivity contribution in [2.24, 2.45) is 0 Å². The van der Waals surface area contributed by atoms with E-state index in [1.54, 1.807) is 29.0 Å². The fraction of sp³-hybridized carbons (Fsp3) is 0.296. The number of amides is 1. The summed E-state index contributed by atoms with van der Waals surface area (Å²) < 4.78 is 62.2. The van der Waals surface area contributed by atoms with Gasteiger partial charge in [-0.25, -0.2) is 13.1 Å². The number of piperazine rings is 1. The van der Waals surface area contributed by atoms with Gasteiger partial charge in [0.25, 0.3) is 5.91 Å². The van der Waals surface area contributed by atoms with Crippen molar-refractivity contribution in [2.45, 2.75) is 19.1 Å². The lowest BCUT2D eigenvalue weighted by Gasteiger charge is -2.36. The summed E-state index contributed by atoms with van der Waals surface area (Å²) in [7, 11) is -4.40. The zero-order valence-electron chi connectivity index (χ0n) is 20.5. The van der Waals surface area contributed by atoms with Gasteiger partial charge in [0.05, 0.1) is 12.2 Å². The number of benzene rings is 3. The molecule has 1 fully saturated rings. The van der Waals surface area contributed by atoms with Crippen LogP contribution in [0.4, 0.5) is 18.9 Å². The van der Waals surface area contributed by atoms with Gasteiger partial charge in [-0.15, -0.1) is 0 Å². The van der Waals surface area contributed by atoms with Crippen LogP contribution in [0.5, 0.6) is 5.75 Å². The Morgan fingerprint density at radius 2 is 1.61 bits per heavy atom. The van der Waals surface area contributed by atoms with Gasteiger partial charge in [0.15, 0.2) is 0 Å². The molecule has 3 aromatic carbocycles. The summed E-state index contributed by atoms with van der Waals surface area (Å²) >= 11 is 0. The van der Waals surface area contributed by atoms with Gasteiger partial charge >= 0.3 is 6.18 Å². The minimum atomic E-state index is -4.63. The van der Waals surface area contributed by atoms with Crippen molar-refractivity contribution >= 4 is 21.6 Å². The second kappa shape index (κ2) is 11.4. The lowest BCUT2D eigenvalue weighted by Crippen LogP contribution is -2.46. The zero-order chi connectivity index (χ0) is 27.3. The van der Waals surface area contributed by atoms with Gasteiger partial charge in [-0.1, -0.05) is 36.4 Å². The summed E-state index contributed by atoms with van der Waals surface area (Å²) in [4.78, 5) is 16.7. The third kappa shape index (κ3) is 7.48. The van der Waals surface area contributed by atoms with E-state index in [0.29, 0.717) is 0 Å². The second-order valence-corrected chi connectivity index (χ2v) is 11.0. The van der Waals surface area contributed by atoms with E-state index in [0.717, 1.165) is 55.1 Å². The zero-order valence-corrected chi connectivity index (χ0v) is 21.3. The quantitative estimate of drug-likeness (QED) is 0.435. The van der Waals surface area contributed by atoms with Crippen LogP contribution in [0.3, 0.4) is 0 Å². The Labute approximate surface area is 219 Å². The van der Waals surface area contributed by atoms with Gasteiger partial charge in [-0.05, 0) is 53.1 Å². The highest BCUT2D eigenvalue weighted by atomic mass is 32.2. The van der Waals surface area contributed by atoms with E-state index in [1.807, 2.05) is 30.3 Å². The van der Waals surface area contributed by atoms with Crippen LogP contribution >= 0.6 is 0 Å². The van der Waals surface area contributed by atoms with E-state index in [1.165, 1.54) is 12.1 Å². The smallest absolute Gasteiger partial charge is 0.390 e. The maximum atomic E-state index is 12.3. The fourth-order valence-corrected chi connectivity index (χ4v) is 5.35. The molecule has 0 radical (unpaired) electrons. The van der Waals surface area contributed by atoms with Crippen LogP contribution in [0.2, 0.25) is 0 Å². The number of alkyl halides is 3. The van der Waals surface area contributed by atoms with Gasteiger partial charge in [0.1, 0.15) is 5.75 Å². The molecular weight excluding hydrogens is 519 g/mol. The van der Waals surface area contributed by atoms with Crippen LogP contribution in [0.1, 0.15) is 22.3 Å². The predicted molar refractivity (Wildman–Crippen MR) is 139 cm³/mol. The number of phenols is 1. The molecule has 11 heteroatoms. The number of hydrogen-bond donors (Lipinski definition) is 2. The molecule has 4 rings (SSSR count). The molecule has 0 atom stereocenters. The lowest BCUT2D eigenvalue weighted by atomic mass is 9.99. The van der Waals surface area contributed by atoms with Crippen molar-refractivity contribution < 1.29 is 31.5 Å². The molecular formula is C27H28F3N3O4S. The molecule has 0 aromatic heterocycles. The van der Waals surface area contributed by atoms with Crippen molar-refractivity contribution in [3.63, 3.8) is 0 Å². The lowest BCUT2D eigenvalue weighted by molar-refractivity contribution is -0.130. The fourth-order valence-electron chi connectivity index (χ4n) is 4.34. The topological polar surface area (TPSA) is 90.0 Å². The Kier molecular flexibility index (Phi) is 8.27. The van der Waals surface area contributed by atoms with Crippen LogP contribution in [-0.2, 0) is 16.6 Å². The molecule has 2 N–H and O–H groups in total. The molecule has 1 amide bonds. The molecule has 0 aliphatic carbocycles. The number of halogens is 3. The Balaban J connectivity index is 1.33. The summed E-state index contributed by atoms with van der Waals surface area (Å²) in [6, 6.07) is 21.6. The van der Waals surface area contributed by atoms with Crippen LogP contribution in [0.25, 0.3) is 11.1 Å². The maximum Gasteiger partial charge on any atom is 0.390 e. The first-order chi connectivity index (χ1) is 18.0. The van der Waals surface area contributed by atoms with Crippen molar-refractivity contribution in [2.75, 3.05) is 36.8 Å². The third-order valence-electron chi connectivity index (χ3n) is 6.34. The van der Waals surface area contributed by atoms with E-state index in [9.17, 15) is 31.5 Å². The number of carbonyl (C=O) groups is 1. The standard InChI is InChI=1S/C27H28F3N3O4S/c28-27(29,30)12-17-38(36,37)31-26(35)20-8-10-23(11-9-20)33-15-13-32(14-16-33)19-22-4-1-2-7-25(22)21-5-3-6-24(34)18-21/h1-11,18,34H,12-17,19H2,(H,31,35). The van der Waals surface area contributed by atoms with Crippen molar-refractivity contribution in [3.8, 4) is 16.9 Å². The minimum absolute atomic E-state index is 0.0477. The highest BCUT2D eigenvalue weighted by molar-refractivity contribution is 7.90. The summed E-state index contributed by atoms with van der Waals surface area (Å²) in [6.45, 7) is 3.83. The summed E-state index contributed by atoms with van der Waals surface area (Å²) in [6.07, 6.45) is -6.15. The monoisotopic (exact) mass is 547 g/mol. The molecule has 1 aliphatic rings. The molecule has 0 unspecified atom stereocenters. The van der Waals surface area contributed by atoms with Gasteiger partial charge in [-0.2, -0.15) is 13.2 Å². The summed E-state index contributed by atoms with van der Waals surface area (Å²) in [5.41, 5.74) is 4.09. The van der Waals surface area contributed by atoms with Crippen LogP contribution < -0.4 is 9.62 Å². The highest BCUT2D eigenvalue weighted by Crippen LogP contribution is 2.28. The number of nitrogens with zero attached hydrogens (tertiary/aromatic N) is 2. The second-order valence-electron chi connectivity index (χ2n) is 9.13. The number of sulfonamides is 1. The molecule has 0 spiro atoms. The molecule has 1 heterocycles. The average molecular weight is 548 g/mol. The number of phenolic OH excluding ortho intramolecular Hbond substituents is 1. The molecule has 202 valence electrons. The Morgan fingerprint density at radius 1 is 0.921 bits per heavy atom. The van der Waals surface area contributed by atoms with Crippen LogP contribution in [-0.4, -0.2) is 62.4 Å². The molecule has 1 aliphatic heterocycles. The molecule has 38 heavy (non-hydrogen) atoms. The van der Waals surface area contributed by atoms with E-state index < -0.39 is 34.3 Å². The number of nitrogens with one attached hydrogen (secondary N) is 1. The van der Waals surface area contributed by atoms with Crippen molar-refractivity contribution in [1.82, 2.24) is 9.62 Å². The Bertz CT molecular complexity index is 1370. The van der Waals surface area contributed by atoms with Gasteiger partial charge < -0.3 is 10.0 Å². The van der Waals surface area contributed by atoms with E-state index in [2.05, 4.69) is 15.9 Å². The Hall–Kier alpha value is -3.57. The summed E-state index contributed by atoms with van der Waals surface area (Å²) in [5.74, 6) is -1.95. The number of rotatable bonds is 8. The first-order valence-corrected chi connectivity index (χ1v) is 13.7. The first kappa shape index (κ1) is 27.5. The van der Waals surface area contributed by atoms with Crippen molar-refractivity contribution in [1.29, 1.82) is 0 Å². The average Bonchev–Trinajstić information content (AvgIpc) is 2.88. The molecule has 0 bridgehead atoms. The van der Waals surface area contributed by atoms with Crippen LogP contribution in [0, 0.1) is 0 Å². The van der Waals surface area contributed by atoms with Crippen LogP contribution in [0.15, 0.2) is 72.8 Å². The molecule has 0 saturated carbocycles. The number of hydrogen-bond acceptors (Lipinski definition) is 6. The van der Waals surface area contributed by atoms with E-state index in [-0.39, 0.29) is 11.3 Å². The number of anilines is 1. The Morgan fingerprint density at radius 3 is 2.26 bits per heavy atom. The van der Waals surface area contributed by atoms with Crippen molar-refractivity contribution in [3.05, 3.63) is 83.9 Å². The molecule has 7 nitrogen and oxygen atoms in total. The summed E-state index contributed by atoms with van der Waals surface area (Å²) in [5, 5.41) is 9.87. The van der Waals surface area contributed by atoms with E-state index >= 15 is 0 Å². The largest absolute Gasteiger partial charge is 0.508 e. The third-order valence-corrected chi connectivity index (χ3v) is 7.58. The number of carbonyl (C=O) groups excluding carboxylic acids is 1. The van der Waals surface area contributed by atoms with E-state index in [4.69, 9.17) is 0 Å². The highest BCUT2D eigenvalue weighted by Gasteiger charge is 2.30. The van der Waals surface area contributed by atoms with Gasteiger partial charge in [0, 0.05) is 44.0 Å². The predicted octanol–water partition coefficient (Wildman–Crippen LogP) is 4.39. The van der Waals surface area contributed by atoms with Gasteiger partial charge in [-0.3, -0.25) is 9.69 Å².